The zero-order valence-corrected chi connectivity index (χ0v) is 9.67. The van der Waals surface area contributed by atoms with E-state index >= 15 is 0 Å². The quantitative estimate of drug-likeness (QED) is 0.569. The van der Waals surface area contributed by atoms with Gasteiger partial charge in [0.15, 0.2) is 5.96 Å². The number of rotatable bonds is 0. The molecule has 3 unspecified atom stereocenters. The summed E-state index contributed by atoms with van der Waals surface area (Å²) in [5.41, 5.74) is 0. The minimum absolute atomic E-state index is 0.459. The summed E-state index contributed by atoms with van der Waals surface area (Å²) in [4.78, 5) is 4.28. The molecule has 4 heteroatoms. The van der Waals surface area contributed by atoms with Crippen LogP contribution in [0.25, 0.3) is 0 Å². The van der Waals surface area contributed by atoms with Crippen molar-refractivity contribution in [2.75, 3.05) is 14.1 Å². The van der Waals surface area contributed by atoms with Crippen LogP contribution in [0.2, 0.25) is 5.31 Å². The standard InChI is InChI=1S/C10H20BN3/c1-10(11)5-4-7-8(6-10)14(3)9(12)13(7)2/h7-8,12H,4-6,11H2,1-3H3. The van der Waals surface area contributed by atoms with Crippen LogP contribution in [-0.4, -0.2) is 49.8 Å². The van der Waals surface area contributed by atoms with Gasteiger partial charge in [-0.05, 0) is 12.8 Å². The van der Waals surface area contributed by atoms with Crippen LogP contribution in [0.1, 0.15) is 26.2 Å². The summed E-state index contributed by atoms with van der Waals surface area (Å²) in [5, 5.41) is 8.40. The molecule has 0 aromatic rings. The van der Waals surface area contributed by atoms with E-state index in [-0.39, 0.29) is 0 Å². The minimum Gasteiger partial charge on any atom is -0.341 e. The van der Waals surface area contributed by atoms with Gasteiger partial charge in [-0.1, -0.05) is 18.7 Å². The van der Waals surface area contributed by atoms with Gasteiger partial charge in [0.1, 0.15) is 7.85 Å². The van der Waals surface area contributed by atoms with E-state index in [1.807, 2.05) is 0 Å². The van der Waals surface area contributed by atoms with Crippen LogP contribution in [-0.2, 0) is 0 Å². The van der Waals surface area contributed by atoms with Crippen LogP contribution in [0.5, 0.6) is 0 Å². The van der Waals surface area contributed by atoms with Crippen LogP contribution in [0.4, 0.5) is 0 Å². The summed E-state index contributed by atoms with van der Waals surface area (Å²) in [6, 6.07) is 1.15. The SMILES string of the molecule is BC1(C)CCC2C(C1)N(C)C(=N)N2C. The molecule has 0 radical (unpaired) electrons. The molecule has 2 rings (SSSR count). The Hall–Kier alpha value is -0.665. The Balaban J connectivity index is 2.20. The number of nitrogens with zero attached hydrogens (tertiary/aromatic N) is 2. The lowest BCUT2D eigenvalue weighted by Crippen LogP contribution is -2.42. The summed E-state index contributed by atoms with van der Waals surface area (Å²) < 4.78 is 0. The molecule has 1 saturated carbocycles. The molecule has 2 fully saturated rings. The number of hydrogen-bond acceptors (Lipinski definition) is 1. The fraction of sp³-hybridized carbons (Fsp3) is 0.900. The van der Waals surface area contributed by atoms with Crippen LogP contribution in [0.15, 0.2) is 0 Å². The predicted octanol–water partition coefficient (Wildman–Crippen LogP) is 0.531. The smallest absolute Gasteiger partial charge is 0.193 e. The van der Waals surface area contributed by atoms with Crippen molar-refractivity contribution >= 4 is 13.8 Å². The van der Waals surface area contributed by atoms with Crippen LogP contribution in [0, 0.1) is 5.41 Å². The monoisotopic (exact) mass is 193 g/mol. The first-order valence-corrected chi connectivity index (χ1v) is 5.46. The van der Waals surface area contributed by atoms with E-state index in [9.17, 15) is 0 Å². The van der Waals surface area contributed by atoms with Crippen molar-refractivity contribution in [3.05, 3.63) is 0 Å². The number of nitrogens with one attached hydrogen (secondary N) is 1. The highest BCUT2D eigenvalue weighted by molar-refractivity contribution is 6.15. The van der Waals surface area contributed by atoms with Crippen molar-refractivity contribution in [2.24, 2.45) is 0 Å². The molecule has 0 aromatic carbocycles. The topological polar surface area (TPSA) is 30.3 Å². The van der Waals surface area contributed by atoms with Gasteiger partial charge in [-0.25, -0.2) is 0 Å². The van der Waals surface area contributed by atoms with E-state index in [0.717, 1.165) is 0 Å². The minimum atomic E-state index is 0.459. The normalized spacial score (nSPS) is 42.9. The van der Waals surface area contributed by atoms with Gasteiger partial charge >= 0.3 is 0 Å². The molecule has 1 heterocycles. The van der Waals surface area contributed by atoms with E-state index in [2.05, 4.69) is 38.7 Å². The molecule has 3 atom stereocenters. The van der Waals surface area contributed by atoms with Crippen molar-refractivity contribution in [1.82, 2.24) is 9.80 Å². The summed E-state index contributed by atoms with van der Waals surface area (Å²) in [5.74, 6) is 0.692. The Morgan fingerprint density at radius 3 is 2.57 bits per heavy atom. The molecule has 2 aliphatic rings. The molecule has 1 aliphatic heterocycles. The Kier molecular flexibility index (Phi) is 2.05. The van der Waals surface area contributed by atoms with Gasteiger partial charge in [0, 0.05) is 14.1 Å². The second-order valence-corrected chi connectivity index (χ2v) is 5.59. The molecule has 1 saturated heterocycles. The van der Waals surface area contributed by atoms with Gasteiger partial charge < -0.3 is 9.80 Å². The van der Waals surface area contributed by atoms with Crippen molar-refractivity contribution in [1.29, 1.82) is 5.41 Å². The third-order valence-corrected chi connectivity index (χ3v) is 3.99. The van der Waals surface area contributed by atoms with E-state index in [1.165, 1.54) is 19.3 Å². The van der Waals surface area contributed by atoms with Crippen molar-refractivity contribution in [3.63, 3.8) is 0 Å². The Labute approximate surface area is 87.4 Å². The van der Waals surface area contributed by atoms with Crippen LogP contribution in [0.3, 0.4) is 0 Å². The van der Waals surface area contributed by atoms with Gasteiger partial charge in [0.25, 0.3) is 0 Å². The lowest BCUT2D eigenvalue weighted by molar-refractivity contribution is 0.201. The highest BCUT2D eigenvalue weighted by atomic mass is 15.4. The second-order valence-electron chi connectivity index (χ2n) is 5.59. The number of guanidine groups is 1. The first kappa shape index (κ1) is 9.87. The van der Waals surface area contributed by atoms with E-state index in [1.54, 1.807) is 0 Å². The molecule has 0 aromatic heterocycles. The third-order valence-electron chi connectivity index (χ3n) is 3.99. The van der Waals surface area contributed by atoms with Gasteiger partial charge in [0.05, 0.1) is 12.1 Å². The molecule has 0 bridgehead atoms. The molecule has 0 amide bonds. The fourth-order valence-electron chi connectivity index (χ4n) is 2.95. The van der Waals surface area contributed by atoms with Crippen molar-refractivity contribution in [3.8, 4) is 0 Å². The summed E-state index contributed by atoms with van der Waals surface area (Å²) >= 11 is 0. The lowest BCUT2D eigenvalue weighted by Gasteiger charge is -2.39. The van der Waals surface area contributed by atoms with Gasteiger partial charge in [-0.2, -0.15) is 0 Å². The highest BCUT2D eigenvalue weighted by Crippen LogP contribution is 2.44. The second kappa shape index (κ2) is 2.91. The Bertz CT molecular complexity index is 264. The zero-order valence-electron chi connectivity index (χ0n) is 9.67. The number of likely N-dealkylation sites (N-methyl/N-ethyl adjacent to an activating group) is 2. The van der Waals surface area contributed by atoms with E-state index < -0.39 is 0 Å². The maximum absolute atomic E-state index is 7.94. The van der Waals surface area contributed by atoms with Crippen LogP contribution < -0.4 is 0 Å². The summed E-state index contributed by atoms with van der Waals surface area (Å²) in [6.07, 6.45) is 3.75. The Morgan fingerprint density at radius 2 is 1.93 bits per heavy atom. The first-order chi connectivity index (χ1) is 6.42. The molecular weight excluding hydrogens is 173 g/mol. The summed E-state index contributed by atoms with van der Waals surface area (Å²) in [6.45, 7) is 2.35. The molecule has 3 nitrogen and oxygen atoms in total. The average molecular weight is 193 g/mol. The van der Waals surface area contributed by atoms with Crippen molar-refractivity contribution < 1.29 is 0 Å². The molecular formula is C10H20BN3. The van der Waals surface area contributed by atoms with Crippen LogP contribution >= 0.6 is 0 Å². The van der Waals surface area contributed by atoms with Crippen molar-refractivity contribution in [2.45, 2.75) is 43.6 Å². The maximum Gasteiger partial charge on any atom is 0.193 e. The average Bonchev–Trinajstić information content (AvgIpc) is 2.30. The molecule has 14 heavy (non-hydrogen) atoms. The molecule has 1 aliphatic carbocycles. The van der Waals surface area contributed by atoms with Gasteiger partial charge in [0.2, 0.25) is 0 Å². The number of fused-ring (bicyclic) bond motifs is 1. The number of hydrogen-bond donors (Lipinski definition) is 1. The Morgan fingerprint density at radius 1 is 1.36 bits per heavy atom. The predicted molar refractivity (Wildman–Crippen MR) is 61.6 cm³/mol. The first-order valence-electron chi connectivity index (χ1n) is 5.46. The fourth-order valence-corrected chi connectivity index (χ4v) is 2.95. The highest BCUT2D eigenvalue weighted by Gasteiger charge is 2.45. The maximum atomic E-state index is 7.94. The van der Waals surface area contributed by atoms with Gasteiger partial charge in [-0.15, -0.1) is 0 Å². The largest absolute Gasteiger partial charge is 0.341 e. The van der Waals surface area contributed by atoms with Gasteiger partial charge in [-0.3, -0.25) is 5.41 Å². The zero-order chi connectivity index (χ0) is 10.5. The van der Waals surface area contributed by atoms with E-state index in [4.69, 9.17) is 5.41 Å². The molecule has 78 valence electrons. The third kappa shape index (κ3) is 1.32. The lowest BCUT2D eigenvalue weighted by atomic mass is 9.59. The molecule has 0 spiro atoms. The molecule has 1 N–H and O–H groups in total. The van der Waals surface area contributed by atoms with E-state index in [0.29, 0.717) is 23.4 Å². The summed E-state index contributed by atoms with van der Waals surface area (Å²) in [7, 11) is 6.46.